The van der Waals surface area contributed by atoms with E-state index in [1.807, 2.05) is 18.2 Å². The van der Waals surface area contributed by atoms with Crippen LogP contribution >= 0.6 is 15.9 Å². The minimum absolute atomic E-state index is 0.141. The molecule has 124 valence electrons. The summed E-state index contributed by atoms with van der Waals surface area (Å²) in [7, 11) is 0. The smallest absolute Gasteiger partial charge is 0.251 e. The van der Waals surface area contributed by atoms with Gasteiger partial charge in [0, 0.05) is 37.2 Å². The van der Waals surface area contributed by atoms with Crippen molar-refractivity contribution in [2.45, 2.75) is 12.5 Å². The number of halogens is 1. The highest BCUT2D eigenvalue weighted by Crippen LogP contribution is 2.31. The van der Waals surface area contributed by atoms with Gasteiger partial charge in [-0.1, -0.05) is 12.1 Å². The van der Waals surface area contributed by atoms with Crippen molar-refractivity contribution in [3.8, 4) is 0 Å². The maximum Gasteiger partial charge on any atom is 0.251 e. The summed E-state index contributed by atoms with van der Waals surface area (Å²) < 4.78 is 0.745. The predicted molar refractivity (Wildman–Crippen MR) is 90.1 cm³/mol. The highest BCUT2D eigenvalue weighted by atomic mass is 79.9. The first-order valence-electron chi connectivity index (χ1n) is 7.80. The number of carbonyl (C=O) groups excluding carboxylic acids is 2. The number of anilines is 1. The molecule has 0 bridgehead atoms. The van der Waals surface area contributed by atoms with Crippen molar-refractivity contribution in [2.24, 2.45) is 0 Å². The summed E-state index contributed by atoms with van der Waals surface area (Å²) in [6, 6.07) is 6.92. The van der Waals surface area contributed by atoms with Gasteiger partial charge < -0.3 is 5.11 Å². The molecule has 3 rings (SSSR count). The van der Waals surface area contributed by atoms with Crippen LogP contribution < -0.4 is 4.90 Å². The van der Waals surface area contributed by atoms with Crippen LogP contribution in [0.3, 0.4) is 0 Å². The number of piperazine rings is 1. The number of imide groups is 1. The van der Waals surface area contributed by atoms with Crippen molar-refractivity contribution >= 4 is 33.4 Å². The Kier molecular flexibility index (Phi) is 5.11. The monoisotopic (exact) mass is 381 g/mol. The lowest BCUT2D eigenvalue weighted by Gasteiger charge is -2.36. The Labute approximate surface area is 143 Å². The molecule has 0 saturated carbocycles. The fourth-order valence-corrected chi connectivity index (χ4v) is 3.69. The lowest BCUT2D eigenvalue weighted by Crippen LogP contribution is -2.53. The number of aliphatic hydroxyl groups excluding tert-OH is 1. The summed E-state index contributed by atoms with van der Waals surface area (Å²) in [6.07, 6.45) is 0.236. The van der Waals surface area contributed by atoms with Crippen LogP contribution in [-0.4, -0.2) is 72.1 Å². The van der Waals surface area contributed by atoms with E-state index in [9.17, 15) is 9.59 Å². The molecule has 1 aromatic carbocycles. The highest BCUT2D eigenvalue weighted by Gasteiger charge is 2.43. The third-order valence-corrected chi connectivity index (χ3v) is 5.15. The van der Waals surface area contributed by atoms with Crippen molar-refractivity contribution in [1.29, 1.82) is 0 Å². The van der Waals surface area contributed by atoms with Gasteiger partial charge in [-0.15, -0.1) is 0 Å². The van der Waals surface area contributed by atoms with Crippen molar-refractivity contribution in [3.05, 3.63) is 28.7 Å². The molecular weight excluding hydrogens is 362 g/mol. The third kappa shape index (κ3) is 3.33. The molecule has 1 atom stereocenters. The quantitative estimate of drug-likeness (QED) is 0.777. The number of β-amino-alcohol motifs (C(OH)–C–C–N with tert-alkyl or cyclic N) is 1. The lowest BCUT2D eigenvalue weighted by atomic mass is 10.1. The van der Waals surface area contributed by atoms with Gasteiger partial charge in [0.25, 0.3) is 5.91 Å². The molecule has 0 aliphatic carbocycles. The van der Waals surface area contributed by atoms with Crippen LogP contribution in [0.25, 0.3) is 0 Å². The Balaban J connectivity index is 1.71. The Bertz CT molecular complexity index is 602. The number of nitrogens with zero attached hydrogens (tertiary/aromatic N) is 3. The van der Waals surface area contributed by atoms with E-state index in [1.54, 1.807) is 6.07 Å². The number of para-hydroxylation sites is 1. The first kappa shape index (κ1) is 16.6. The van der Waals surface area contributed by atoms with Gasteiger partial charge in [0.05, 0.1) is 24.8 Å². The average Bonchev–Trinajstić information content (AvgIpc) is 2.84. The largest absolute Gasteiger partial charge is 0.395 e. The zero-order valence-electron chi connectivity index (χ0n) is 12.8. The van der Waals surface area contributed by atoms with Crippen LogP contribution in [0.5, 0.6) is 0 Å². The normalized spacial score (nSPS) is 23.7. The summed E-state index contributed by atoms with van der Waals surface area (Å²) in [5, 5.41) is 8.99. The molecule has 2 aliphatic heterocycles. The van der Waals surface area contributed by atoms with E-state index in [1.165, 1.54) is 4.90 Å². The van der Waals surface area contributed by atoms with Gasteiger partial charge >= 0.3 is 0 Å². The van der Waals surface area contributed by atoms with E-state index < -0.39 is 0 Å². The molecule has 0 aromatic heterocycles. The summed E-state index contributed by atoms with van der Waals surface area (Å²) in [5.74, 6) is -0.290. The van der Waals surface area contributed by atoms with E-state index in [4.69, 9.17) is 5.11 Å². The molecule has 2 aliphatic rings. The van der Waals surface area contributed by atoms with E-state index in [2.05, 4.69) is 25.7 Å². The maximum atomic E-state index is 12.8. The Hall–Kier alpha value is -1.28. The Morgan fingerprint density at radius 2 is 1.83 bits per heavy atom. The van der Waals surface area contributed by atoms with Crippen molar-refractivity contribution in [1.82, 2.24) is 9.80 Å². The van der Waals surface area contributed by atoms with Crippen LogP contribution in [0.1, 0.15) is 6.42 Å². The molecule has 0 spiro atoms. The molecule has 2 fully saturated rings. The van der Waals surface area contributed by atoms with Crippen LogP contribution in [0, 0.1) is 0 Å². The standard InChI is InChI=1S/C16H20BrN3O3/c17-12-3-1-2-4-13(12)20-15(22)11-14(16(20)23)19-7-5-18(6-8-19)9-10-21/h1-4,14,21H,5-11H2/t14-/m1/s1. The average molecular weight is 382 g/mol. The molecular formula is C16H20BrN3O3. The van der Waals surface area contributed by atoms with Crippen LogP contribution in [0.2, 0.25) is 0 Å². The number of hydrogen-bond donors (Lipinski definition) is 1. The first-order valence-corrected chi connectivity index (χ1v) is 8.59. The van der Waals surface area contributed by atoms with E-state index in [0.29, 0.717) is 12.2 Å². The van der Waals surface area contributed by atoms with Crippen molar-refractivity contribution in [3.63, 3.8) is 0 Å². The number of aliphatic hydroxyl groups is 1. The molecule has 2 heterocycles. The summed E-state index contributed by atoms with van der Waals surface area (Å²) >= 11 is 3.41. The van der Waals surface area contributed by atoms with Crippen LogP contribution in [-0.2, 0) is 9.59 Å². The van der Waals surface area contributed by atoms with Crippen molar-refractivity contribution < 1.29 is 14.7 Å². The van der Waals surface area contributed by atoms with E-state index >= 15 is 0 Å². The number of amides is 2. The van der Waals surface area contributed by atoms with Gasteiger partial charge in [0.15, 0.2) is 0 Å². The molecule has 6 nitrogen and oxygen atoms in total. The predicted octanol–water partition coefficient (Wildman–Crippen LogP) is 0.691. The molecule has 0 unspecified atom stereocenters. The molecule has 7 heteroatoms. The topological polar surface area (TPSA) is 64.1 Å². The van der Waals surface area contributed by atoms with E-state index in [0.717, 1.165) is 30.7 Å². The number of hydrogen-bond acceptors (Lipinski definition) is 5. The van der Waals surface area contributed by atoms with Gasteiger partial charge in [-0.3, -0.25) is 19.4 Å². The first-order chi connectivity index (χ1) is 11.1. The minimum atomic E-state index is -0.370. The Morgan fingerprint density at radius 1 is 1.13 bits per heavy atom. The zero-order chi connectivity index (χ0) is 16.4. The number of rotatable bonds is 4. The van der Waals surface area contributed by atoms with Crippen LogP contribution in [0.4, 0.5) is 5.69 Å². The second kappa shape index (κ2) is 7.09. The van der Waals surface area contributed by atoms with Gasteiger partial charge in [-0.05, 0) is 28.1 Å². The van der Waals surface area contributed by atoms with Crippen molar-refractivity contribution in [2.75, 3.05) is 44.2 Å². The molecule has 23 heavy (non-hydrogen) atoms. The zero-order valence-corrected chi connectivity index (χ0v) is 14.4. The lowest BCUT2D eigenvalue weighted by molar-refractivity contribution is -0.123. The summed E-state index contributed by atoms with van der Waals surface area (Å²) in [5.41, 5.74) is 0.615. The number of benzene rings is 1. The minimum Gasteiger partial charge on any atom is -0.395 e. The Morgan fingerprint density at radius 3 is 2.48 bits per heavy atom. The highest BCUT2D eigenvalue weighted by molar-refractivity contribution is 9.10. The molecule has 0 radical (unpaired) electrons. The second-order valence-electron chi connectivity index (χ2n) is 5.84. The maximum absolute atomic E-state index is 12.8. The van der Waals surface area contributed by atoms with Gasteiger partial charge in [0.2, 0.25) is 5.91 Å². The molecule has 1 aromatic rings. The fraction of sp³-hybridized carbons (Fsp3) is 0.500. The molecule has 2 amide bonds. The fourth-order valence-electron chi connectivity index (χ4n) is 3.23. The molecule has 1 N–H and O–H groups in total. The second-order valence-corrected chi connectivity index (χ2v) is 6.69. The third-order valence-electron chi connectivity index (χ3n) is 4.48. The SMILES string of the molecule is O=C1C[C@@H](N2CCN(CCO)CC2)C(=O)N1c1ccccc1Br. The number of carbonyl (C=O) groups is 2. The summed E-state index contributed by atoms with van der Waals surface area (Å²) in [4.78, 5) is 30.7. The van der Waals surface area contributed by atoms with Gasteiger partial charge in [0.1, 0.15) is 0 Å². The van der Waals surface area contributed by atoms with Crippen LogP contribution in [0.15, 0.2) is 28.7 Å². The summed E-state index contributed by atoms with van der Waals surface area (Å²) in [6.45, 7) is 3.92. The molecule has 2 saturated heterocycles. The van der Waals surface area contributed by atoms with Gasteiger partial charge in [-0.25, -0.2) is 4.90 Å². The van der Waals surface area contributed by atoms with Gasteiger partial charge in [-0.2, -0.15) is 0 Å². The van der Waals surface area contributed by atoms with E-state index in [-0.39, 0.29) is 30.9 Å².